The Morgan fingerprint density at radius 1 is 1.10 bits per heavy atom. The molecule has 0 saturated heterocycles. The molecule has 1 aromatic heterocycles. The lowest BCUT2D eigenvalue weighted by atomic mass is 9.95. The first-order valence-corrected chi connectivity index (χ1v) is 9.69. The first kappa shape index (κ1) is 21.0. The number of nitrogens with one attached hydrogen (secondary N) is 2. The molecule has 0 bridgehead atoms. The lowest BCUT2D eigenvalue weighted by Crippen LogP contribution is -2.54. The van der Waals surface area contributed by atoms with Gasteiger partial charge in [0.25, 0.3) is 5.91 Å². The van der Waals surface area contributed by atoms with Crippen LogP contribution in [-0.4, -0.2) is 32.1 Å². The summed E-state index contributed by atoms with van der Waals surface area (Å²) in [5.41, 5.74) is -1.22. The molecule has 8 heteroatoms. The largest absolute Gasteiger partial charge is 0.342 e. The number of carbonyl (C=O) groups excluding carboxylic acids is 2. The summed E-state index contributed by atoms with van der Waals surface area (Å²) in [4.78, 5) is 29.6. The van der Waals surface area contributed by atoms with Crippen LogP contribution in [0.2, 0.25) is 0 Å². The fourth-order valence-corrected chi connectivity index (χ4v) is 2.78. The van der Waals surface area contributed by atoms with E-state index in [0.29, 0.717) is 11.5 Å². The molecule has 1 aliphatic rings. The SMILES string of the molecule is CC1(C(=O)NC(C)(C)C(=O)Nc2nc(C(C)(C)C)n(-c3ccc(F)cc3)n2)CC1. The number of nitrogens with zero attached hydrogens (tertiary/aromatic N) is 3. The molecule has 0 unspecified atom stereocenters. The van der Waals surface area contributed by atoms with E-state index >= 15 is 0 Å². The first-order valence-electron chi connectivity index (χ1n) is 9.69. The van der Waals surface area contributed by atoms with Gasteiger partial charge in [-0.05, 0) is 51.0 Å². The number of amides is 2. The zero-order valence-electron chi connectivity index (χ0n) is 17.8. The van der Waals surface area contributed by atoms with Crippen LogP contribution in [0.15, 0.2) is 24.3 Å². The summed E-state index contributed by atoms with van der Waals surface area (Å²) >= 11 is 0. The zero-order chi connectivity index (χ0) is 21.6. The second-order valence-electron chi connectivity index (χ2n) is 9.49. The number of aromatic nitrogens is 3. The minimum absolute atomic E-state index is 0.127. The topological polar surface area (TPSA) is 88.9 Å². The summed E-state index contributed by atoms with van der Waals surface area (Å²) in [6, 6.07) is 5.90. The number of carbonyl (C=O) groups is 2. The van der Waals surface area contributed by atoms with Crippen molar-refractivity contribution in [1.82, 2.24) is 20.1 Å². The Hall–Kier alpha value is -2.77. The van der Waals surface area contributed by atoms with Crippen molar-refractivity contribution in [2.75, 3.05) is 5.32 Å². The molecule has 0 aliphatic heterocycles. The Morgan fingerprint density at radius 2 is 1.69 bits per heavy atom. The second-order valence-corrected chi connectivity index (χ2v) is 9.49. The van der Waals surface area contributed by atoms with Crippen LogP contribution in [0.5, 0.6) is 0 Å². The third-order valence-corrected chi connectivity index (χ3v) is 5.12. The minimum Gasteiger partial charge on any atom is -0.342 e. The van der Waals surface area contributed by atoms with Gasteiger partial charge in [-0.1, -0.05) is 27.7 Å². The standard InChI is InChI=1S/C21H28FN5O2/c1-19(2,3)15-23-18(26-27(15)14-9-7-13(22)8-10-14)24-16(28)20(4,5)25-17(29)21(6)11-12-21/h7-10H,11-12H2,1-6H3,(H,25,29)(H,24,26,28). The maximum Gasteiger partial charge on any atom is 0.251 e. The van der Waals surface area contributed by atoms with Gasteiger partial charge in [0.2, 0.25) is 11.9 Å². The van der Waals surface area contributed by atoms with Crippen molar-refractivity contribution in [2.45, 2.75) is 65.3 Å². The van der Waals surface area contributed by atoms with Gasteiger partial charge in [0.1, 0.15) is 17.2 Å². The van der Waals surface area contributed by atoms with E-state index in [0.717, 1.165) is 12.8 Å². The molecule has 1 saturated carbocycles. The smallest absolute Gasteiger partial charge is 0.251 e. The van der Waals surface area contributed by atoms with Gasteiger partial charge in [-0.15, -0.1) is 5.10 Å². The van der Waals surface area contributed by atoms with Crippen molar-refractivity contribution >= 4 is 17.8 Å². The quantitative estimate of drug-likeness (QED) is 0.804. The third kappa shape index (κ3) is 4.46. The van der Waals surface area contributed by atoms with Crippen molar-refractivity contribution in [2.24, 2.45) is 5.41 Å². The van der Waals surface area contributed by atoms with E-state index in [1.807, 2.05) is 27.7 Å². The number of halogens is 1. The molecule has 3 rings (SSSR count). The normalized spacial score (nSPS) is 15.7. The summed E-state index contributed by atoms with van der Waals surface area (Å²) in [5, 5.41) is 9.92. The number of benzene rings is 1. The maximum atomic E-state index is 13.3. The van der Waals surface area contributed by atoms with E-state index < -0.39 is 11.4 Å². The molecule has 2 N–H and O–H groups in total. The van der Waals surface area contributed by atoms with Gasteiger partial charge >= 0.3 is 0 Å². The fraction of sp³-hybridized carbons (Fsp3) is 0.524. The number of hydrogen-bond acceptors (Lipinski definition) is 4. The average molecular weight is 401 g/mol. The highest BCUT2D eigenvalue weighted by Crippen LogP contribution is 2.45. The molecule has 1 heterocycles. The van der Waals surface area contributed by atoms with Crippen molar-refractivity contribution in [3.05, 3.63) is 35.9 Å². The van der Waals surface area contributed by atoms with Gasteiger partial charge in [0.15, 0.2) is 0 Å². The van der Waals surface area contributed by atoms with E-state index in [9.17, 15) is 14.0 Å². The van der Waals surface area contributed by atoms with Crippen molar-refractivity contribution in [3.63, 3.8) is 0 Å². The van der Waals surface area contributed by atoms with Crippen LogP contribution >= 0.6 is 0 Å². The summed E-state index contributed by atoms with van der Waals surface area (Å²) in [6.07, 6.45) is 1.66. The van der Waals surface area contributed by atoms with E-state index in [1.165, 1.54) is 12.1 Å². The fourth-order valence-electron chi connectivity index (χ4n) is 2.78. The molecule has 0 atom stereocenters. The van der Waals surface area contributed by atoms with Crippen LogP contribution in [0.4, 0.5) is 10.3 Å². The summed E-state index contributed by atoms with van der Waals surface area (Å²) in [7, 11) is 0. The lowest BCUT2D eigenvalue weighted by Gasteiger charge is -2.26. The molecule has 0 spiro atoms. The Labute approximate surface area is 170 Å². The van der Waals surface area contributed by atoms with Crippen LogP contribution in [0.25, 0.3) is 5.69 Å². The Kier molecular flexibility index (Phi) is 5.01. The van der Waals surface area contributed by atoms with Gasteiger partial charge in [0, 0.05) is 10.8 Å². The highest BCUT2D eigenvalue weighted by molar-refractivity contribution is 6.00. The summed E-state index contributed by atoms with van der Waals surface area (Å²) < 4.78 is 14.9. The summed E-state index contributed by atoms with van der Waals surface area (Å²) in [5.74, 6) is -0.137. The first-order chi connectivity index (χ1) is 13.3. The summed E-state index contributed by atoms with van der Waals surface area (Å²) in [6.45, 7) is 11.1. The molecule has 2 amide bonds. The molecule has 0 radical (unpaired) electrons. The van der Waals surface area contributed by atoms with Gasteiger partial charge in [0.05, 0.1) is 5.69 Å². The predicted molar refractivity (Wildman–Crippen MR) is 108 cm³/mol. The Balaban J connectivity index is 1.84. The average Bonchev–Trinajstić information content (AvgIpc) is 3.21. The molecular weight excluding hydrogens is 373 g/mol. The number of rotatable bonds is 5. The maximum absolute atomic E-state index is 13.3. The molecular formula is C21H28FN5O2. The predicted octanol–water partition coefficient (Wildman–Crippen LogP) is 3.34. The monoisotopic (exact) mass is 401 g/mol. The van der Waals surface area contributed by atoms with Gasteiger partial charge in [-0.2, -0.15) is 4.98 Å². The van der Waals surface area contributed by atoms with Crippen LogP contribution in [-0.2, 0) is 15.0 Å². The van der Waals surface area contributed by atoms with Gasteiger partial charge in [-0.3, -0.25) is 14.9 Å². The zero-order valence-corrected chi connectivity index (χ0v) is 17.8. The number of hydrogen-bond donors (Lipinski definition) is 2. The minimum atomic E-state index is -1.12. The highest BCUT2D eigenvalue weighted by atomic mass is 19.1. The third-order valence-electron chi connectivity index (χ3n) is 5.12. The van der Waals surface area contributed by atoms with E-state index in [1.54, 1.807) is 30.7 Å². The highest BCUT2D eigenvalue weighted by Gasteiger charge is 2.47. The second kappa shape index (κ2) is 6.93. The Bertz CT molecular complexity index is 937. The van der Waals surface area contributed by atoms with Crippen LogP contribution in [0.1, 0.15) is 60.2 Å². The van der Waals surface area contributed by atoms with E-state index in [-0.39, 0.29) is 28.5 Å². The Morgan fingerprint density at radius 3 is 2.21 bits per heavy atom. The van der Waals surface area contributed by atoms with Crippen molar-refractivity contribution in [1.29, 1.82) is 0 Å². The molecule has 1 fully saturated rings. The van der Waals surface area contributed by atoms with E-state index in [2.05, 4.69) is 20.7 Å². The molecule has 7 nitrogen and oxygen atoms in total. The van der Waals surface area contributed by atoms with Crippen LogP contribution in [0, 0.1) is 11.2 Å². The molecule has 156 valence electrons. The molecule has 1 aromatic carbocycles. The van der Waals surface area contributed by atoms with Crippen molar-refractivity contribution in [3.8, 4) is 5.69 Å². The molecule has 1 aliphatic carbocycles. The number of anilines is 1. The molecule has 2 aromatic rings. The van der Waals surface area contributed by atoms with Gasteiger partial charge in [-0.25, -0.2) is 9.07 Å². The molecule has 29 heavy (non-hydrogen) atoms. The van der Waals surface area contributed by atoms with E-state index in [4.69, 9.17) is 0 Å². The lowest BCUT2D eigenvalue weighted by molar-refractivity contribution is -0.132. The van der Waals surface area contributed by atoms with Crippen LogP contribution in [0.3, 0.4) is 0 Å². The van der Waals surface area contributed by atoms with Gasteiger partial charge < -0.3 is 5.32 Å². The van der Waals surface area contributed by atoms with Crippen molar-refractivity contribution < 1.29 is 14.0 Å². The van der Waals surface area contributed by atoms with Crippen LogP contribution < -0.4 is 10.6 Å².